The van der Waals surface area contributed by atoms with Crippen LogP contribution >= 0.6 is 24.0 Å². The van der Waals surface area contributed by atoms with E-state index in [1.807, 2.05) is 4.90 Å². The summed E-state index contributed by atoms with van der Waals surface area (Å²) in [6, 6.07) is 6.06. The molecule has 0 saturated carbocycles. The van der Waals surface area contributed by atoms with Crippen molar-refractivity contribution in [2.24, 2.45) is 0 Å². The molecule has 1 aromatic carbocycles. The number of nitrogens with one attached hydrogen (secondary N) is 1. The van der Waals surface area contributed by atoms with Crippen LogP contribution in [0.3, 0.4) is 0 Å². The number of nitrogens with zero attached hydrogens (tertiary/aromatic N) is 1. The first kappa shape index (κ1) is 17.6. The Kier molecular flexibility index (Phi) is 6.58. The summed E-state index contributed by atoms with van der Waals surface area (Å²) in [6.07, 6.45) is -5.02. The number of alkyl halides is 3. The molecule has 0 amide bonds. The first-order chi connectivity index (χ1) is 8.96. The van der Waals surface area contributed by atoms with Crippen molar-refractivity contribution < 1.29 is 13.2 Å². The molecule has 1 fully saturated rings. The normalized spacial score (nSPS) is 18.4. The molecule has 2 rings (SSSR count). The van der Waals surface area contributed by atoms with E-state index < -0.39 is 18.6 Å². The molecule has 1 aliphatic rings. The van der Waals surface area contributed by atoms with Crippen molar-refractivity contribution in [1.29, 1.82) is 0 Å². The van der Waals surface area contributed by atoms with E-state index >= 15 is 0 Å². The fourth-order valence-corrected chi connectivity index (χ4v) is 2.58. The summed E-state index contributed by atoms with van der Waals surface area (Å²) in [5.41, 5.74) is 0.631. The zero-order chi connectivity index (χ0) is 13.9. The number of rotatable bonds is 3. The van der Waals surface area contributed by atoms with Gasteiger partial charge in [-0.3, -0.25) is 4.90 Å². The molecule has 1 aliphatic heterocycles. The summed E-state index contributed by atoms with van der Waals surface area (Å²) in [5.74, 6) is 0. The lowest BCUT2D eigenvalue weighted by Crippen LogP contribution is -2.46. The lowest BCUT2D eigenvalue weighted by molar-refractivity contribution is -0.148. The van der Waals surface area contributed by atoms with Crippen LogP contribution in [0.25, 0.3) is 0 Å². The standard InChI is InChI=1S/C13H16ClF3N2.ClH/c14-11-3-1-2-10(8-11)12(9-13(15,16)17)19-6-4-18-5-7-19;/h1-3,8,12,18H,4-7,9H2;1H/t12-;/m0./s1. The Bertz CT molecular complexity index is 420. The molecule has 1 heterocycles. The number of hydrogen-bond acceptors (Lipinski definition) is 2. The summed E-state index contributed by atoms with van der Waals surface area (Å²) in [7, 11) is 0. The van der Waals surface area contributed by atoms with Gasteiger partial charge in [-0.1, -0.05) is 23.7 Å². The van der Waals surface area contributed by atoms with Gasteiger partial charge in [0.2, 0.25) is 0 Å². The van der Waals surface area contributed by atoms with E-state index in [4.69, 9.17) is 11.6 Å². The van der Waals surface area contributed by atoms with Crippen molar-refractivity contribution in [2.45, 2.75) is 18.6 Å². The van der Waals surface area contributed by atoms with Crippen LogP contribution in [0, 0.1) is 0 Å². The Morgan fingerprint density at radius 2 is 1.90 bits per heavy atom. The summed E-state index contributed by atoms with van der Waals surface area (Å²) < 4.78 is 38.3. The van der Waals surface area contributed by atoms with Gasteiger partial charge in [0.15, 0.2) is 0 Å². The van der Waals surface area contributed by atoms with Crippen molar-refractivity contribution >= 4 is 24.0 Å². The Balaban J connectivity index is 0.00000200. The van der Waals surface area contributed by atoms with Gasteiger partial charge in [-0.05, 0) is 17.7 Å². The summed E-state index contributed by atoms with van der Waals surface area (Å²) >= 11 is 5.89. The van der Waals surface area contributed by atoms with Crippen LogP contribution in [0.4, 0.5) is 13.2 Å². The van der Waals surface area contributed by atoms with E-state index in [0.29, 0.717) is 23.7 Å². The Morgan fingerprint density at radius 1 is 1.25 bits per heavy atom. The minimum Gasteiger partial charge on any atom is -0.314 e. The van der Waals surface area contributed by atoms with Crippen LogP contribution in [0.2, 0.25) is 5.02 Å². The molecular weight excluding hydrogens is 312 g/mol. The van der Waals surface area contributed by atoms with Crippen molar-refractivity contribution in [1.82, 2.24) is 10.2 Å². The molecule has 0 radical (unpaired) electrons. The van der Waals surface area contributed by atoms with Crippen LogP contribution in [-0.2, 0) is 0 Å². The third-order valence-electron chi connectivity index (χ3n) is 3.25. The fraction of sp³-hybridized carbons (Fsp3) is 0.538. The SMILES string of the molecule is Cl.FC(F)(F)C[C@@H](c1cccc(Cl)c1)N1CCNCC1. The van der Waals surface area contributed by atoms with Crippen LogP contribution in [0.1, 0.15) is 18.0 Å². The topological polar surface area (TPSA) is 15.3 Å². The summed E-state index contributed by atoms with van der Waals surface area (Å²) in [5, 5.41) is 3.62. The summed E-state index contributed by atoms with van der Waals surface area (Å²) in [4.78, 5) is 1.87. The quantitative estimate of drug-likeness (QED) is 0.910. The van der Waals surface area contributed by atoms with Gasteiger partial charge in [-0.25, -0.2) is 0 Å². The zero-order valence-electron chi connectivity index (χ0n) is 10.8. The maximum absolute atomic E-state index is 12.8. The van der Waals surface area contributed by atoms with Crippen molar-refractivity contribution in [2.75, 3.05) is 26.2 Å². The Morgan fingerprint density at radius 3 is 2.45 bits per heavy atom. The molecule has 0 aliphatic carbocycles. The highest BCUT2D eigenvalue weighted by Gasteiger charge is 2.35. The minimum atomic E-state index is -4.18. The molecule has 2 nitrogen and oxygen atoms in total. The molecule has 20 heavy (non-hydrogen) atoms. The van der Waals surface area contributed by atoms with Gasteiger partial charge < -0.3 is 5.32 Å². The highest BCUT2D eigenvalue weighted by molar-refractivity contribution is 6.30. The third-order valence-corrected chi connectivity index (χ3v) is 3.49. The molecule has 1 N–H and O–H groups in total. The highest BCUT2D eigenvalue weighted by Crippen LogP contribution is 2.34. The average molecular weight is 329 g/mol. The number of benzene rings is 1. The lowest BCUT2D eigenvalue weighted by Gasteiger charge is -2.35. The molecule has 0 aromatic heterocycles. The second kappa shape index (κ2) is 7.50. The summed E-state index contributed by atoms with van der Waals surface area (Å²) in [6.45, 7) is 2.67. The van der Waals surface area contributed by atoms with Crippen molar-refractivity contribution in [3.8, 4) is 0 Å². The van der Waals surface area contributed by atoms with Crippen LogP contribution < -0.4 is 5.32 Å². The smallest absolute Gasteiger partial charge is 0.314 e. The second-order valence-electron chi connectivity index (χ2n) is 4.68. The molecule has 0 bridgehead atoms. The molecule has 1 aromatic rings. The average Bonchev–Trinajstić information content (AvgIpc) is 2.36. The monoisotopic (exact) mass is 328 g/mol. The molecule has 114 valence electrons. The maximum Gasteiger partial charge on any atom is 0.390 e. The highest BCUT2D eigenvalue weighted by atomic mass is 35.5. The van der Waals surface area contributed by atoms with E-state index in [1.165, 1.54) is 0 Å². The molecular formula is C13H17Cl2F3N2. The molecule has 7 heteroatoms. The fourth-order valence-electron chi connectivity index (χ4n) is 2.38. The second-order valence-corrected chi connectivity index (χ2v) is 5.11. The third kappa shape index (κ3) is 5.13. The predicted octanol–water partition coefficient (Wildman–Crippen LogP) is 3.66. The molecule has 1 saturated heterocycles. The lowest BCUT2D eigenvalue weighted by atomic mass is 10.0. The van der Waals surface area contributed by atoms with Gasteiger partial charge in [0, 0.05) is 37.2 Å². The first-order valence-corrected chi connectivity index (χ1v) is 6.60. The van der Waals surface area contributed by atoms with Gasteiger partial charge in [0.25, 0.3) is 0 Å². The number of piperazine rings is 1. The van der Waals surface area contributed by atoms with Crippen LogP contribution in [0.5, 0.6) is 0 Å². The van der Waals surface area contributed by atoms with Crippen molar-refractivity contribution in [3.63, 3.8) is 0 Å². The van der Waals surface area contributed by atoms with E-state index in [9.17, 15) is 13.2 Å². The number of halogens is 5. The molecule has 0 spiro atoms. The van der Waals surface area contributed by atoms with E-state index in [1.54, 1.807) is 24.3 Å². The van der Waals surface area contributed by atoms with Gasteiger partial charge in [-0.2, -0.15) is 13.2 Å². The zero-order valence-corrected chi connectivity index (χ0v) is 12.4. The Hall–Kier alpha value is -0.490. The molecule has 0 unspecified atom stereocenters. The molecule has 1 atom stereocenters. The van der Waals surface area contributed by atoms with Crippen LogP contribution in [0.15, 0.2) is 24.3 Å². The largest absolute Gasteiger partial charge is 0.390 e. The van der Waals surface area contributed by atoms with Gasteiger partial charge in [0.1, 0.15) is 0 Å². The van der Waals surface area contributed by atoms with Gasteiger partial charge in [-0.15, -0.1) is 12.4 Å². The first-order valence-electron chi connectivity index (χ1n) is 6.23. The van der Waals surface area contributed by atoms with Crippen molar-refractivity contribution in [3.05, 3.63) is 34.9 Å². The van der Waals surface area contributed by atoms with E-state index in [2.05, 4.69) is 5.32 Å². The van der Waals surface area contributed by atoms with E-state index in [-0.39, 0.29) is 12.4 Å². The maximum atomic E-state index is 12.8. The minimum absolute atomic E-state index is 0. The van der Waals surface area contributed by atoms with Gasteiger partial charge >= 0.3 is 6.18 Å². The van der Waals surface area contributed by atoms with E-state index in [0.717, 1.165) is 13.1 Å². The predicted molar refractivity (Wildman–Crippen MR) is 76.6 cm³/mol. The Labute approximate surface area is 127 Å². The number of hydrogen-bond donors (Lipinski definition) is 1. The van der Waals surface area contributed by atoms with Gasteiger partial charge in [0.05, 0.1) is 6.42 Å². The van der Waals surface area contributed by atoms with Crippen LogP contribution in [-0.4, -0.2) is 37.3 Å².